The normalized spacial score (nSPS) is 11.0. The van der Waals surface area contributed by atoms with Crippen molar-refractivity contribution in [2.75, 3.05) is 13.7 Å². The van der Waals surface area contributed by atoms with Crippen molar-refractivity contribution in [1.29, 1.82) is 0 Å². The van der Waals surface area contributed by atoms with Crippen LogP contribution < -0.4 is 10.1 Å². The van der Waals surface area contributed by atoms with Crippen molar-refractivity contribution >= 4 is 6.09 Å². The number of methoxy groups -OCH3 is 1. The first kappa shape index (κ1) is 15.1. The molecule has 0 saturated heterocycles. The van der Waals surface area contributed by atoms with Gasteiger partial charge in [0.1, 0.15) is 0 Å². The van der Waals surface area contributed by atoms with E-state index in [2.05, 4.69) is 19.8 Å². The molecule has 0 saturated carbocycles. The van der Waals surface area contributed by atoms with E-state index in [1.54, 1.807) is 13.0 Å². The van der Waals surface area contributed by atoms with E-state index in [4.69, 9.17) is 0 Å². The van der Waals surface area contributed by atoms with Crippen molar-refractivity contribution in [1.82, 2.24) is 10.3 Å². The Kier molecular flexibility index (Phi) is 4.96. The number of halogens is 3. The number of hydrogen-bond acceptors (Lipinski definition) is 4. The van der Waals surface area contributed by atoms with Gasteiger partial charge in [-0.05, 0) is 18.6 Å². The van der Waals surface area contributed by atoms with Gasteiger partial charge in [0.2, 0.25) is 5.88 Å². The minimum Gasteiger partial charge on any atom is -0.468 e. The smallest absolute Gasteiger partial charge is 0.422 e. The summed E-state index contributed by atoms with van der Waals surface area (Å²) in [4.78, 5) is 14.6. The number of aryl methyl sites for hydroxylation is 1. The van der Waals surface area contributed by atoms with E-state index < -0.39 is 18.9 Å². The zero-order valence-corrected chi connectivity index (χ0v) is 10.4. The van der Waals surface area contributed by atoms with Gasteiger partial charge in [0.05, 0.1) is 7.11 Å². The number of carbonyl (C=O) groups is 1. The maximum Gasteiger partial charge on any atom is 0.422 e. The van der Waals surface area contributed by atoms with Crippen LogP contribution in [0.3, 0.4) is 0 Å². The second-order valence-corrected chi connectivity index (χ2v) is 3.71. The first-order chi connectivity index (χ1) is 8.81. The summed E-state index contributed by atoms with van der Waals surface area (Å²) < 4.78 is 44.9. The minimum absolute atomic E-state index is 0.0841. The lowest BCUT2D eigenvalue weighted by Gasteiger charge is -2.11. The molecule has 19 heavy (non-hydrogen) atoms. The zero-order chi connectivity index (χ0) is 14.5. The Balaban J connectivity index is 2.61. The van der Waals surface area contributed by atoms with Crippen LogP contribution in [0.2, 0.25) is 0 Å². The van der Waals surface area contributed by atoms with Gasteiger partial charge >= 0.3 is 12.3 Å². The number of hydrogen-bond donors (Lipinski definition) is 1. The lowest BCUT2D eigenvalue weighted by atomic mass is 10.2. The number of pyridine rings is 1. The summed E-state index contributed by atoms with van der Waals surface area (Å²) in [7, 11) is 1.23. The van der Waals surface area contributed by atoms with E-state index in [0.29, 0.717) is 11.1 Å². The number of ether oxygens (including phenoxy) is 2. The van der Waals surface area contributed by atoms with Crippen LogP contribution in [0.25, 0.3) is 0 Å². The van der Waals surface area contributed by atoms with Gasteiger partial charge in [0, 0.05) is 18.3 Å². The summed E-state index contributed by atoms with van der Waals surface area (Å²) in [5, 5.41) is 2.43. The molecule has 0 spiro atoms. The second kappa shape index (κ2) is 6.26. The predicted molar refractivity (Wildman–Crippen MR) is 59.8 cm³/mol. The Morgan fingerprint density at radius 2 is 2.16 bits per heavy atom. The monoisotopic (exact) mass is 278 g/mol. The quantitative estimate of drug-likeness (QED) is 0.917. The van der Waals surface area contributed by atoms with E-state index in [1.807, 2.05) is 0 Å². The highest BCUT2D eigenvalue weighted by Crippen LogP contribution is 2.20. The van der Waals surface area contributed by atoms with E-state index in [1.165, 1.54) is 13.3 Å². The van der Waals surface area contributed by atoms with Gasteiger partial charge in [-0.15, -0.1) is 0 Å². The SMILES string of the molecule is COC(=O)NCc1cnc(OCC(F)(F)F)c(C)c1. The fourth-order valence-corrected chi connectivity index (χ4v) is 1.26. The van der Waals surface area contributed by atoms with Crippen molar-refractivity contribution in [3.8, 4) is 5.88 Å². The number of alkyl carbamates (subject to hydrolysis) is 1. The first-order valence-corrected chi connectivity index (χ1v) is 5.28. The molecule has 8 heteroatoms. The molecule has 1 rings (SSSR count). The maximum absolute atomic E-state index is 12.0. The molecule has 5 nitrogen and oxygen atoms in total. The molecule has 0 aromatic carbocycles. The number of alkyl halides is 3. The highest BCUT2D eigenvalue weighted by Gasteiger charge is 2.28. The first-order valence-electron chi connectivity index (χ1n) is 5.28. The average Bonchev–Trinajstić information content (AvgIpc) is 2.33. The molecule has 0 atom stereocenters. The van der Waals surface area contributed by atoms with Crippen molar-refractivity contribution in [3.63, 3.8) is 0 Å². The fourth-order valence-electron chi connectivity index (χ4n) is 1.26. The number of aromatic nitrogens is 1. The molecule has 0 aliphatic carbocycles. The third kappa shape index (κ3) is 5.45. The molecule has 1 heterocycles. The van der Waals surface area contributed by atoms with Crippen molar-refractivity contribution in [2.24, 2.45) is 0 Å². The molecule has 0 radical (unpaired) electrons. The Morgan fingerprint density at radius 1 is 1.47 bits per heavy atom. The Bertz CT molecular complexity index is 449. The van der Waals surface area contributed by atoms with Gasteiger partial charge < -0.3 is 14.8 Å². The van der Waals surface area contributed by atoms with Gasteiger partial charge in [0.25, 0.3) is 0 Å². The van der Waals surface area contributed by atoms with Crippen molar-refractivity contribution < 1.29 is 27.4 Å². The van der Waals surface area contributed by atoms with Gasteiger partial charge in [-0.1, -0.05) is 0 Å². The molecule has 0 bridgehead atoms. The van der Waals surface area contributed by atoms with Crippen LogP contribution in [0.4, 0.5) is 18.0 Å². The summed E-state index contributed by atoms with van der Waals surface area (Å²) in [5.74, 6) is -0.0841. The van der Waals surface area contributed by atoms with Crippen molar-refractivity contribution in [3.05, 3.63) is 23.4 Å². The Morgan fingerprint density at radius 3 is 2.68 bits per heavy atom. The van der Waals surface area contributed by atoms with Gasteiger partial charge in [0.15, 0.2) is 6.61 Å². The third-order valence-corrected chi connectivity index (χ3v) is 2.08. The van der Waals surface area contributed by atoms with Crippen LogP contribution in [0.1, 0.15) is 11.1 Å². The number of rotatable bonds is 4. The van der Waals surface area contributed by atoms with Gasteiger partial charge in [-0.25, -0.2) is 9.78 Å². The van der Waals surface area contributed by atoms with Crippen molar-refractivity contribution in [2.45, 2.75) is 19.6 Å². The van der Waals surface area contributed by atoms with Crippen LogP contribution in [0.5, 0.6) is 5.88 Å². The molecule has 0 unspecified atom stereocenters. The van der Waals surface area contributed by atoms with Crippen LogP contribution in [0.15, 0.2) is 12.3 Å². The lowest BCUT2D eigenvalue weighted by Crippen LogP contribution is -2.22. The van der Waals surface area contributed by atoms with Crippen LogP contribution in [-0.4, -0.2) is 31.0 Å². The average molecular weight is 278 g/mol. The standard InChI is InChI=1S/C11H13F3N2O3/c1-7-3-8(5-16-10(17)18-2)4-15-9(7)19-6-11(12,13)14/h3-4H,5-6H2,1-2H3,(H,16,17). The van der Waals surface area contributed by atoms with Gasteiger partial charge in [-0.3, -0.25) is 0 Å². The highest BCUT2D eigenvalue weighted by molar-refractivity contribution is 5.66. The predicted octanol–water partition coefficient (Wildman–Crippen LogP) is 2.19. The number of nitrogens with one attached hydrogen (secondary N) is 1. The summed E-state index contributed by atoms with van der Waals surface area (Å²) in [6.07, 6.45) is -3.68. The van der Waals surface area contributed by atoms with E-state index in [0.717, 1.165) is 0 Å². The van der Waals surface area contributed by atoms with Crippen LogP contribution >= 0.6 is 0 Å². The summed E-state index contributed by atoms with van der Waals surface area (Å²) in [6.45, 7) is 0.348. The van der Waals surface area contributed by atoms with Crippen LogP contribution in [0, 0.1) is 6.92 Å². The van der Waals surface area contributed by atoms with E-state index in [-0.39, 0.29) is 12.4 Å². The molecule has 1 aromatic rings. The molecule has 106 valence electrons. The molecule has 0 aliphatic heterocycles. The number of carbonyl (C=O) groups excluding carboxylic acids is 1. The molecule has 1 amide bonds. The zero-order valence-electron chi connectivity index (χ0n) is 10.4. The van der Waals surface area contributed by atoms with E-state index in [9.17, 15) is 18.0 Å². The molecular formula is C11H13F3N2O3. The molecule has 0 aliphatic rings. The molecule has 0 fully saturated rings. The lowest BCUT2D eigenvalue weighted by molar-refractivity contribution is -0.154. The minimum atomic E-state index is -4.40. The Labute approximate surface area is 107 Å². The molecule has 1 aromatic heterocycles. The van der Waals surface area contributed by atoms with E-state index >= 15 is 0 Å². The molecule has 1 N–H and O–H groups in total. The third-order valence-electron chi connectivity index (χ3n) is 2.08. The van der Waals surface area contributed by atoms with Crippen LogP contribution in [-0.2, 0) is 11.3 Å². The Hall–Kier alpha value is -1.99. The maximum atomic E-state index is 12.0. The topological polar surface area (TPSA) is 60.5 Å². The number of nitrogens with zero attached hydrogens (tertiary/aromatic N) is 1. The summed E-state index contributed by atoms with van der Waals surface area (Å²) in [5.41, 5.74) is 1.08. The fraction of sp³-hybridized carbons (Fsp3) is 0.455. The number of amides is 1. The largest absolute Gasteiger partial charge is 0.468 e. The second-order valence-electron chi connectivity index (χ2n) is 3.71. The van der Waals surface area contributed by atoms with Gasteiger partial charge in [-0.2, -0.15) is 13.2 Å². The summed E-state index contributed by atoms with van der Waals surface area (Å²) >= 11 is 0. The molecular weight excluding hydrogens is 265 g/mol. The summed E-state index contributed by atoms with van der Waals surface area (Å²) in [6, 6.07) is 1.58. The highest BCUT2D eigenvalue weighted by atomic mass is 19.4.